The Hall–Kier alpha value is -4.40. The number of aryl methyl sites for hydroxylation is 1. The van der Waals surface area contributed by atoms with Crippen LogP contribution in [-0.4, -0.2) is 43.7 Å². The molecule has 1 aliphatic rings. The van der Waals surface area contributed by atoms with Crippen LogP contribution in [0.15, 0.2) is 67.3 Å². The van der Waals surface area contributed by atoms with Gasteiger partial charge in [0.1, 0.15) is 18.0 Å². The Morgan fingerprint density at radius 2 is 2.05 bits per heavy atom. The van der Waals surface area contributed by atoms with Gasteiger partial charge in [-0.15, -0.1) is 5.10 Å². The third kappa shape index (κ3) is 4.60. The second kappa shape index (κ2) is 9.57. The monoisotopic (exact) mass is 495 g/mol. The Balaban J connectivity index is 1.18. The summed E-state index contributed by atoms with van der Waals surface area (Å²) >= 11 is 0. The van der Waals surface area contributed by atoms with Crippen LogP contribution >= 0.6 is 0 Å². The number of rotatable bonds is 5. The fraction of sp³-hybridized carbons (Fsp3) is 0.250. The standard InChI is InChI=1S/C28H26FN7O/c1-18-6-8-22(13-24(18)29)36-16-23-26(34-36)32-17-33-27(23)35-11-3-5-21(15-35)28(37)31-14-19-7-9-25-20(12-19)4-2-10-30-25/h2,4,6-10,12-13,16-17,21H,3,5,11,14-15H2,1H3,(H,31,37)/t21-/m0/s1. The lowest BCUT2D eigenvalue weighted by Gasteiger charge is -2.33. The Labute approximate surface area is 213 Å². The maximum absolute atomic E-state index is 14.1. The van der Waals surface area contributed by atoms with Gasteiger partial charge in [-0.05, 0) is 61.2 Å². The average molecular weight is 496 g/mol. The van der Waals surface area contributed by atoms with Crippen LogP contribution in [-0.2, 0) is 11.3 Å². The van der Waals surface area contributed by atoms with Crippen molar-refractivity contribution in [3.8, 4) is 5.69 Å². The molecule has 1 saturated heterocycles. The van der Waals surface area contributed by atoms with E-state index in [0.717, 1.165) is 47.1 Å². The van der Waals surface area contributed by atoms with Gasteiger partial charge in [-0.2, -0.15) is 0 Å². The minimum atomic E-state index is -0.284. The number of aromatic nitrogens is 5. The van der Waals surface area contributed by atoms with E-state index in [1.54, 1.807) is 23.9 Å². The summed E-state index contributed by atoms with van der Waals surface area (Å²) in [6.07, 6.45) is 6.79. The molecule has 3 aromatic heterocycles. The molecule has 1 fully saturated rings. The molecule has 0 unspecified atom stereocenters. The number of carbonyl (C=O) groups excluding carboxylic acids is 1. The van der Waals surface area contributed by atoms with Gasteiger partial charge in [0.2, 0.25) is 5.91 Å². The van der Waals surface area contributed by atoms with Crippen molar-refractivity contribution >= 4 is 33.7 Å². The minimum absolute atomic E-state index is 0.0344. The highest BCUT2D eigenvalue weighted by Gasteiger charge is 2.28. The van der Waals surface area contributed by atoms with Crippen LogP contribution in [0.4, 0.5) is 10.2 Å². The van der Waals surface area contributed by atoms with Crippen LogP contribution in [0.2, 0.25) is 0 Å². The molecule has 8 nitrogen and oxygen atoms in total. The quantitative estimate of drug-likeness (QED) is 0.390. The fourth-order valence-electron chi connectivity index (χ4n) is 4.89. The van der Waals surface area contributed by atoms with Gasteiger partial charge in [0.15, 0.2) is 5.65 Å². The first-order valence-electron chi connectivity index (χ1n) is 12.4. The van der Waals surface area contributed by atoms with Gasteiger partial charge >= 0.3 is 0 Å². The summed E-state index contributed by atoms with van der Waals surface area (Å²) in [6.45, 7) is 3.55. The fourth-order valence-corrected chi connectivity index (χ4v) is 4.89. The lowest BCUT2D eigenvalue weighted by Crippen LogP contribution is -2.43. The highest BCUT2D eigenvalue weighted by Crippen LogP contribution is 2.28. The molecule has 0 bridgehead atoms. The van der Waals surface area contributed by atoms with Crippen molar-refractivity contribution in [1.29, 1.82) is 0 Å². The maximum Gasteiger partial charge on any atom is 0.225 e. The van der Waals surface area contributed by atoms with E-state index < -0.39 is 0 Å². The molecule has 0 radical (unpaired) electrons. The lowest BCUT2D eigenvalue weighted by molar-refractivity contribution is -0.125. The summed E-state index contributed by atoms with van der Waals surface area (Å²) in [5, 5.41) is 9.47. The first kappa shape index (κ1) is 23.0. The Kier molecular flexibility index (Phi) is 5.96. The minimum Gasteiger partial charge on any atom is -0.355 e. The van der Waals surface area contributed by atoms with Gasteiger partial charge in [0.25, 0.3) is 0 Å². The number of anilines is 1. The number of nitrogens with zero attached hydrogens (tertiary/aromatic N) is 6. The van der Waals surface area contributed by atoms with Gasteiger partial charge in [0, 0.05) is 37.4 Å². The summed E-state index contributed by atoms with van der Waals surface area (Å²) in [5.74, 6) is 0.339. The zero-order chi connectivity index (χ0) is 25.4. The Morgan fingerprint density at radius 1 is 1.14 bits per heavy atom. The molecular formula is C28H26FN7O. The summed E-state index contributed by atoms with van der Waals surface area (Å²) in [7, 11) is 0. The first-order chi connectivity index (χ1) is 18.0. The molecule has 1 amide bonds. The molecule has 6 rings (SSSR count). The van der Waals surface area contributed by atoms with Gasteiger partial charge in [0.05, 0.1) is 22.5 Å². The predicted octanol–water partition coefficient (Wildman–Crippen LogP) is 4.34. The van der Waals surface area contributed by atoms with E-state index in [0.29, 0.717) is 30.0 Å². The number of hydrogen-bond donors (Lipinski definition) is 1. The van der Waals surface area contributed by atoms with Gasteiger partial charge in [-0.3, -0.25) is 9.78 Å². The van der Waals surface area contributed by atoms with Crippen LogP contribution in [0.1, 0.15) is 24.0 Å². The molecule has 1 atom stereocenters. The SMILES string of the molecule is Cc1ccc(-n2cc3c(N4CCC[C@H](C(=O)NCc5ccc6ncccc6c5)C4)ncnc3n2)cc1F. The van der Waals surface area contributed by atoms with Crippen LogP contribution in [0, 0.1) is 18.7 Å². The maximum atomic E-state index is 14.1. The highest BCUT2D eigenvalue weighted by atomic mass is 19.1. The summed E-state index contributed by atoms with van der Waals surface area (Å²) in [6, 6.07) is 15.0. The molecule has 0 aliphatic carbocycles. The molecule has 5 aromatic rings. The van der Waals surface area contributed by atoms with Crippen LogP contribution in [0.25, 0.3) is 27.6 Å². The van der Waals surface area contributed by atoms with Crippen LogP contribution in [0.5, 0.6) is 0 Å². The average Bonchev–Trinajstić information content (AvgIpc) is 3.38. The second-order valence-electron chi connectivity index (χ2n) is 9.48. The lowest BCUT2D eigenvalue weighted by atomic mass is 9.97. The smallest absolute Gasteiger partial charge is 0.225 e. The number of carbonyl (C=O) groups is 1. The molecule has 1 N–H and O–H groups in total. The van der Waals surface area contributed by atoms with Crippen molar-refractivity contribution in [3.63, 3.8) is 0 Å². The van der Waals surface area contributed by atoms with Crippen molar-refractivity contribution < 1.29 is 9.18 Å². The molecule has 9 heteroatoms. The molecule has 37 heavy (non-hydrogen) atoms. The van der Waals surface area contributed by atoms with E-state index in [1.807, 2.05) is 36.5 Å². The Bertz CT molecular complexity index is 1620. The van der Waals surface area contributed by atoms with Crippen molar-refractivity contribution in [2.45, 2.75) is 26.3 Å². The van der Waals surface area contributed by atoms with E-state index in [4.69, 9.17) is 0 Å². The van der Waals surface area contributed by atoms with E-state index in [-0.39, 0.29) is 17.6 Å². The number of pyridine rings is 1. The van der Waals surface area contributed by atoms with E-state index in [9.17, 15) is 9.18 Å². The van der Waals surface area contributed by atoms with Crippen molar-refractivity contribution in [1.82, 2.24) is 30.0 Å². The van der Waals surface area contributed by atoms with E-state index >= 15 is 0 Å². The van der Waals surface area contributed by atoms with Crippen molar-refractivity contribution in [2.24, 2.45) is 5.92 Å². The third-order valence-corrected chi connectivity index (χ3v) is 6.94. The molecular weight excluding hydrogens is 469 g/mol. The predicted molar refractivity (Wildman–Crippen MR) is 140 cm³/mol. The highest BCUT2D eigenvalue weighted by molar-refractivity contribution is 5.87. The van der Waals surface area contributed by atoms with Gasteiger partial charge < -0.3 is 10.2 Å². The number of fused-ring (bicyclic) bond motifs is 2. The van der Waals surface area contributed by atoms with Gasteiger partial charge in [-0.25, -0.2) is 19.0 Å². The summed E-state index contributed by atoms with van der Waals surface area (Å²) in [4.78, 5) is 28.4. The molecule has 186 valence electrons. The molecule has 0 spiro atoms. The molecule has 1 aliphatic heterocycles. The van der Waals surface area contributed by atoms with Crippen LogP contribution in [0.3, 0.4) is 0 Å². The summed E-state index contributed by atoms with van der Waals surface area (Å²) < 4.78 is 15.8. The topological polar surface area (TPSA) is 88.8 Å². The van der Waals surface area contributed by atoms with Crippen LogP contribution < -0.4 is 10.2 Å². The number of piperidine rings is 1. The molecule has 0 saturated carbocycles. The number of amides is 1. The number of hydrogen-bond acceptors (Lipinski definition) is 6. The zero-order valence-corrected chi connectivity index (χ0v) is 20.4. The summed E-state index contributed by atoms with van der Waals surface area (Å²) in [5.41, 5.74) is 3.71. The van der Waals surface area contributed by atoms with Crippen molar-refractivity contribution in [2.75, 3.05) is 18.0 Å². The van der Waals surface area contributed by atoms with E-state index in [1.165, 1.54) is 12.4 Å². The molecule has 4 heterocycles. The van der Waals surface area contributed by atoms with E-state index in [2.05, 4.69) is 36.3 Å². The zero-order valence-electron chi connectivity index (χ0n) is 20.4. The third-order valence-electron chi connectivity index (χ3n) is 6.94. The number of benzene rings is 2. The number of halogens is 1. The van der Waals surface area contributed by atoms with Crippen molar-refractivity contribution in [3.05, 3.63) is 84.2 Å². The number of nitrogens with one attached hydrogen (secondary N) is 1. The Morgan fingerprint density at radius 3 is 2.95 bits per heavy atom. The first-order valence-corrected chi connectivity index (χ1v) is 12.4. The second-order valence-corrected chi connectivity index (χ2v) is 9.48. The van der Waals surface area contributed by atoms with Gasteiger partial charge in [-0.1, -0.05) is 18.2 Å². The molecule has 2 aromatic carbocycles. The largest absolute Gasteiger partial charge is 0.355 e. The normalized spacial score (nSPS) is 15.8.